The summed E-state index contributed by atoms with van der Waals surface area (Å²) in [6.45, 7) is 2.29. The molecule has 1 aromatic carbocycles. The monoisotopic (exact) mass is 438 g/mol. The first-order valence-corrected chi connectivity index (χ1v) is 12.8. The number of unbranched alkanes of at least 4 members (excludes halogenated alkanes) is 2. The fraction of sp³-hybridized carbons (Fsp3) is 0.778. The number of rotatable bonds is 10. The van der Waals surface area contributed by atoms with Crippen molar-refractivity contribution in [3.8, 4) is 5.75 Å². The highest BCUT2D eigenvalue weighted by Crippen LogP contribution is 2.40. The van der Waals surface area contributed by atoms with Gasteiger partial charge in [0.2, 0.25) is 0 Å². The number of benzene rings is 1. The van der Waals surface area contributed by atoms with E-state index in [1.54, 1.807) is 0 Å². The molecular formula is C27H41F3O. The summed E-state index contributed by atoms with van der Waals surface area (Å²) in [5.41, 5.74) is 1.16. The van der Waals surface area contributed by atoms with Crippen LogP contribution in [0.2, 0.25) is 0 Å². The third kappa shape index (κ3) is 8.69. The molecule has 1 aromatic rings. The molecule has 3 rings (SSSR count). The van der Waals surface area contributed by atoms with Crippen molar-refractivity contribution in [2.24, 2.45) is 17.8 Å². The van der Waals surface area contributed by atoms with Gasteiger partial charge in [-0.3, -0.25) is 0 Å². The summed E-state index contributed by atoms with van der Waals surface area (Å²) in [6, 6.07) is 6.52. The van der Waals surface area contributed by atoms with E-state index >= 15 is 0 Å². The second kappa shape index (κ2) is 12.2. The standard InChI is InChI=1S/C27H41F3O/c1-2-3-4-6-21-9-11-22(12-10-21)7-5-8-23-13-15-24(16-14-23)25-17-19-26(20-18-25)31-27(28,29)30/h17-24H,2-16H2,1H3. The van der Waals surface area contributed by atoms with Crippen molar-refractivity contribution in [1.29, 1.82) is 0 Å². The van der Waals surface area contributed by atoms with Gasteiger partial charge in [-0.15, -0.1) is 13.2 Å². The second-order valence-corrected chi connectivity index (χ2v) is 10.1. The van der Waals surface area contributed by atoms with Crippen molar-refractivity contribution in [3.63, 3.8) is 0 Å². The fourth-order valence-electron chi connectivity index (χ4n) is 5.91. The van der Waals surface area contributed by atoms with E-state index in [0.29, 0.717) is 5.92 Å². The first-order valence-electron chi connectivity index (χ1n) is 12.8. The van der Waals surface area contributed by atoms with E-state index in [1.165, 1.54) is 95.6 Å². The Hall–Kier alpha value is -1.19. The molecular weight excluding hydrogens is 397 g/mol. The zero-order valence-electron chi connectivity index (χ0n) is 19.3. The smallest absolute Gasteiger partial charge is 0.406 e. The van der Waals surface area contributed by atoms with Gasteiger partial charge < -0.3 is 4.74 Å². The predicted molar refractivity (Wildman–Crippen MR) is 121 cm³/mol. The molecule has 0 spiro atoms. The Morgan fingerprint density at radius 1 is 0.710 bits per heavy atom. The molecule has 1 nitrogen and oxygen atoms in total. The minimum atomic E-state index is -4.62. The Bertz CT molecular complexity index is 608. The molecule has 0 amide bonds. The molecule has 0 heterocycles. The van der Waals surface area contributed by atoms with Gasteiger partial charge in [0.15, 0.2) is 0 Å². The zero-order valence-corrected chi connectivity index (χ0v) is 19.3. The number of ether oxygens (including phenoxy) is 1. The van der Waals surface area contributed by atoms with Crippen LogP contribution < -0.4 is 4.74 Å². The Morgan fingerprint density at radius 3 is 1.68 bits per heavy atom. The first-order chi connectivity index (χ1) is 14.9. The lowest BCUT2D eigenvalue weighted by Crippen LogP contribution is -2.17. The van der Waals surface area contributed by atoms with Crippen LogP contribution in [0, 0.1) is 17.8 Å². The zero-order chi connectivity index (χ0) is 22.1. The average molecular weight is 439 g/mol. The SMILES string of the molecule is CCCCCC1CCC(CCCC2CCC(c3ccc(OC(F)(F)F)cc3)CC2)CC1. The molecule has 2 aliphatic carbocycles. The van der Waals surface area contributed by atoms with Crippen molar-refractivity contribution in [1.82, 2.24) is 0 Å². The van der Waals surface area contributed by atoms with Crippen molar-refractivity contribution in [2.45, 2.75) is 116 Å². The number of halogens is 3. The molecule has 176 valence electrons. The number of alkyl halides is 3. The maximum absolute atomic E-state index is 12.3. The average Bonchev–Trinajstić information content (AvgIpc) is 2.75. The van der Waals surface area contributed by atoms with Gasteiger partial charge in [0.25, 0.3) is 0 Å². The van der Waals surface area contributed by atoms with E-state index in [1.807, 2.05) is 12.1 Å². The summed E-state index contributed by atoms with van der Waals surface area (Å²) in [4.78, 5) is 0. The lowest BCUT2D eigenvalue weighted by Gasteiger charge is -2.31. The molecule has 0 bridgehead atoms. The Labute approximate surface area is 187 Å². The Balaban J connectivity index is 1.29. The van der Waals surface area contributed by atoms with E-state index in [2.05, 4.69) is 11.7 Å². The Kier molecular flexibility index (Phi) is 9.59. The molecule has 0 N–H and O–H groups in total. The van der Waals surface area contributed by atoms with Gasteiger partial charge in [0.05, 0.1) is 0 Å². The summed E-state index contributed by atoms with van der Waals surface area (Å²) in [6.07, 6.45) is 15.8. The van der Waals surface area contributed by atoms with Gasteiger partial charge >= 0.3 is 6.36 Å². The van der Waals surface area contributed by atoms with Crippen LogP contribution in [0.25, 0.3) is 0 Å². The molecule has 0 aromatic heterocycles. The topological polar surface area (TPSA) is 9.23 Å². The van der Waals surface area contributed by atoms with Gasteiger partial charge in [-0.1, -0.05) is 89.7 Å². The highest BCUT2D eigenvalue weighted by molar-refractivity contribution is 5.29. The molecule has 0 unspecified atom stereocenters. The predicted octanol–water partition coefficient (Wildman–Crippen LogP) is 9.42. The Morgan fingerprint density at radius 2 is 1.19 bits per heavy atom. The van der Waals surface area contributed by atoms with Crippen molar-refractivity contribution >= 4 is 0 Å². The summed E-state index contributed by atoms with van der Waals surface area (Å²) >= 11 is 0. The minimum absolute atomic E-state index is 0.125. The summed E-state index contributed by atoms with van der Waals surface area (Å²) < 4.78 is 40.9. The van der Waals surface area contributed by atoms with Crippen LogP contribution in [0.4, 0.5) is 13.2 Å². The molecule has 0 aliphatic heterocycles. The number of hydrogen-bond acceptors (Lipinski definition) is 1. The van der Waals surface area contributed by atoms with Gasteiger partial charge in [0, 0.05) is 0 Å². The fourth-order valence-corrected chi connectivity index (χ4v) is 5.91. The first kappa shape index (κ1) is 24.5. The lowest BCUT2D eigenvalue weighted by molar-refractivity contribution is -0.274. The van der Waals surface area contributed by atoms with E-state index in [4.69, 9.17) is 0 Å². The third-order valence-electron chi connectivity index (χ3n) is 7.84. The third-order valence-corrected chi connectivity index (χ3v) is 7.84. The molecule has 4 heteroatoms. The van der Waals surface area contributed by atoms with Crippen LogP contribution in [0.5, 0.6) is 5.75 Å². The van der Waals surface area contributed by atoms with Crippen LogP contribution in [-0.2, 0) is 0 Å². The van der Waals surface area contributed by atoms with E-state index in [-0.39, 0.29) is 5.75 Å². The largest absolute Gasteiger partial charge is 0.573 e. The highest BCUT2D eigenvalue weighted by Gasteiger charge is 2.31. The summed E-state index contributed by atoms with van der Waals surface area (Å²) in [7, 11) is 0. The van der Waals surface area contributed by atoms with Crippen LogP contribution >= 0.6 is 0 Å². The maximum Gasteiger partial charge on any atom is 0.573 e. The molecule has 0 saturated heterocycles. The van der Waals surface area contributed by atoms with Crippen molar-refractivity contribution in [3.05, 3.63) is 29.8 Å². The van der Waals surface area contributed by atoms with Crippen LogP contribution in [0.15, 0.2) is 24.3 Å². The molecule has 2 saturated carbocycles. The lowest BCUT2D eigenvalue weighted by atomic mass is 9.75. The van der Waals surface area contributed by atoms with Gasteiger partial charge in [-0.25, -0.2) is 0 Å². The van der Waals surface area contributed by atoms with Gasteiger partial charge in [-0.2, -0.15) is 0 Å². The van der Waals surface area contributed by atoms with Gasteiger partial charge in [0.1, 0.15) is 5.75 Å². The molecule has 2 fully saturated rings. The van der Waals surface area contributed by atoms with E-state index in [9.17, 15) is 13.2 Å². The van der Waals surface area contributed by atoms with Crippen LogP contribution in [0.1, 0.15) is 115 Å². The second-order valence-electron chi connectivity index (χ2n) is 10.1. The van der Waals surface area contributed by atoms with Crippen molar-refractivity contribution in [2.75, 3.05) is 0 Å². The van der Waals surface area contributed by atoms with Gasteiger partial charge in [-0.05, 0) is 67.1 Å². The molecule has 31 heavy (non-hydrogen) atoms. The number of hydrogen-bond donors (Lipinski definition) is 0. The van der Waals surface area contributed by atoms with E-state index < -0.39 is 6.36 Å². The highest BCUT2D eigenvalue weighted by atomic mass is 19.4. The quantitative estimate of drug-likeness (QED) is 0.331. The maximum atomic E-state index is 12.3. The molecule has 2 aliphatic rings. The van der Waals surface area contributed by atoms with Crippen LogP contribution in [-0.4, -0.2) is 6.36 Å². The summed E-state index contributed by atoms with van der Waals surface area (Å²) in [5, 5.41) is 0. The summed E-state index contributed by atoms with van der Waals surface area (Å²) in [5.74, 6) is 3.18. The normalized spacial score (nSPS) is 27.2. The molecule has 0 atom stereocenters. The minimum Gasteiger partial charge on any atom is -0.406 e. The molecule has 0 radical (unpaired) electrons. The van der Waals surface area contributed by atoms with Crippen LogP contribution in [0.3, 0.4) is 0 Å². The van der Waals surface area contributed by atoms with E-state index in [0.717, 1.165) is 36.2 Å². The van der Waals surface area contributed by atoms with Crippen molar-refractivity contribution < 1.29 is 17.9 Å².